The molecule has 0 saturated carbocycles. The molecule has 0 aromatic heterocycles. The van der Waals surface area contributed by atoms with Crippen LogP contribution < -0.4 is 19.4 Å². The summed E-state index contributed by atoms with van der Waals surface area (Å²) in [6.45, 7) is 1.70. The maximum absolute atomic E-state index is 13.1. The van der Waals surface area contributed by atoms with Crippen LogP contribution in [-0.2, 0) is 19.6 Å². The SMILES string of the molecule is COc1ccc(S(=O)(=O)N2CCN(C3CO3)c3ccccc32)cc1.O=CNO. The van der Waals surface area contributed by atoms with Crippen molar-refractivity contribution in [1.82, 2.24) is 5.48 Å². The molecule has 1 unspecified atom stereocenters. The van der Waals surface area contributed by atoms with Gasteiger partial charge in [0.2, 0.25) is 6.41 Å². The van der Waals surface area contributed by atoms with Crippen LogP contribution in [0.1, 0.15) is 0 Å². The van der Waals surface area contributed by atoms with Crippen molar-refractivity contribution in [2.24, 2.45) is 0 Å². The van der Waals surface area contributed by atoms with Gasteiger partial charge in [0, 0.05) is 6.54 Å². The highest BCUT2D eigenvalue weighted by Gasteiger charge is 2.38. The number of methoxy groups -OCH3 is 1. The summed E-state index contributed by atoms with van der Waals surface area (Å²) in [6, 6.07) is 14.0. The lowest BCUT2D eigenvalue weighted by atomic mass is 10.2. The monoisotopic (exact) mass is 407 g/mol. The first-order chi connectivity index (χ1) is 13.5. The minimum absolute atomic E-state index is 0.0667. The number of rotatable bonds is 5. The van der Waals surface area contributed by atoms with Gasteiger partial charge in [-0.05, 0) is 36.4 Å². The number of carbonyl (C=O) groups is 1. The average Bonchev–Trinajstić information content (AvgIpc) is 3.58. The van der Waals surface area contributed by atoms with Crippen LogP contribution in [0.2, 0.25) is 0 Å². The maximum atomic E-state index is 13.1. The van der Waals surface area contributed by atoms with E-state index in [1.54, 1.807) is 31.4 Å². The van der Waals surface area contributed by atoms with Crippen molar-refractivity contribution in [3.63, 3.8) is 0 Å². The number of para-hydroxylation sites is 2. The second-order valence-electron chi connectivity index (χ2n) is 5.97. The lowest BCUT2D eigenvalue weighted by Gasteiger charge is -2.37. The Morgan fingerprint density at radius 1 is 1.14 bits per heavy atom. The van der Waals surface area contributed by atoms with Gasteiger partial charge in [-0.2, -0.15) is 0 Å². The van der Waals surface area contributed by atoms with E-state index in [1.165, 1.54) is 9.79 Å². The predicted molar refractivity (Wildman–Crippen MR) is 102 cm³/mol. The fourth-order valence-electron chi connectivity index (χ4n) is 3.00. The zero-order valence-electron chi connectivity index (χ0n) is 15.2. The Balaban J connectivity index is 0.000000516. The molecule has 2 aromatic rings. The van der Waals surface area contributed by atoms with E-state index in [9.17, 15) is 8.42 Å². The molecule has 2 N–H and O–H groups in total. The van der Waals surface area contributed by atoms with Crippen molar-refractivity contribution in [2.75, 3.05) is 36.0 Å². The van der Waals surface area contributed by atoms with E-state index in [4.69, 9.17) is 19.5 Å². The Kier molecular flexibility index (Phi) is 6.02. The number of hydroxylamine groups is 1. The molecule has 0 aliphatic carbocycles. The minimum atomic E-state index is -3.62. The Bertz CT molecular complexity index is 915. The lowest BCUT2D eigenvalue weighted by molar-refractivity contribution is -0.116. The molecule has 2 aliphatic heterocycles. The van der Waals surface area contributed by atoms with Gasteiger partial charge >= 0.3 is 0 Å². The molecule has 0 spiro atoms. The van der Waals surface area contributed by atoms with Gasteiger partial charge in [-0.3, -0.25) is 14.3 Å². The number of benzene rings is 2. The number of anilines is 2. The minimum Gasteiger partial charge on any atom is -0.497 e. The van der Waals surface area contributed by atoms with Crippen LogP contribution in [0.15, 0.2) is 53.4 Å². The number of epoxide rings is 1. The number of sulfonamides is 1. The van der Waals surface area contributed by atoms with Crippen molar-refractivity contribution in [3.8, 4) is 5.75 Å². The van der Waals surface area contributed by atoms with Crippen molar-refractivity contribution >= 4 is 27.8 Å². The molecule has 28 heavy (non-hydrogen) atoms. The summed E-state index contributed by atoms with van der Waals surface area (Å²) in [5, 5.41) is 7.26. The lowest BCUT2D eigenvalue weighted by Crippen LogP contribution is -2.45. The van der Waals surface area contributed by atoms with Gasteiger partial charge < -0.3 is 14.4 Å². The number of carbonyl (C=O) groups excluding carboxylic acids is 1. The Morgan fingerprint density at radius 3 is 2.29 bits per heavy atom. The standard InChI is InChI=1S/C17H18N2O4S.CH3NO2/c1-22-13-6-8-14(9-7-13)24(20,21)19-11-10-18(17-12-23-17)15-4-2-3-5-16(15)19;3-1-2-4/h2-9,17H,10-12H2,1H3;1,4H,(H,2,3). The molecular formula is C18H21N3O6S. The van der Waals surface area contributed by atoms with Crippen LogP contribution in [-0.4, -0.2) is 53.1 Å². The molecule has 1 saturated heterocycles. The molecule has 0 radical (unpaired) electrons. The summed E-state index contributed by atoms with van der Waals surface area (Å²) >= 11 is 0. The normalized spacial score (nSPS) is 17.7. The first-order valence-corrected chi connectivity index (χ1v) is 9.94. The van der Waals surface area contributed by atoms with E-state index in [-0.39, 0.29) is 17.5 Å². The largest absolute Gasteiger partial charge is 0.497 e. The van der Waals surface area contributed by atoms with Gasteiger partial charge in [0.05, 0.1) is 36.5 Å². The van der Waals surface area contributed by atoms with Crippen LogP contribution in [0.5, 0.6) is 5.75 Å². The molecule has 1 atom stereocenters. The third kappa shape index (κ3) is 4.03. The van der Waals surface area contributed by atoms with E-state index in [0.717, 1.165) is 5.69 Å². The smallest absolute Gasteiger partial charge is 0.264 e. The fraction of sp³-hybridized carbons (Fsp3) is 0.278. The van der Waals surface area contributed by atoms with Crippen molar-refractivity contribution in [1.29, 1.82) is 0 Å². The predicted octanol–water partition coefficient (Wildman–Crippen LogP) is 1.19. The summed E-state index contributed by atoms with van der Waals surface area (Å²) in [4.78, 5) is 11.2. The highest BCUT2D eigenvalue weighted by molar-refractivity contribution is 7.92. The topological polar surface area (TPSA) is 112 Å². The van der Waals surface area contributed by atoms with Crippen molar-refractivity contribution in [2.45, 2.75) is 11.1 Å². The summed E-state index contributed by atoms with van der Waals surface area (Å²) in [7, 11) is -2.06. The molecule has 1 amide bonds. The third-order valence-electron chi connectivity index (χ3n) is 4.37. The van der Waals surface area contributed by atoms with Crippen LogP contribution in [0.4, 0.5) is 11.4 Å². The summed E-state index contributed by atoms with van der Waals surface area (Å²) in [5.41, 5.74) is 2.83. The van der Waals surface area contributed by atoms with Crippen molar-refractivity contribution in [3.05, 3.63) is 48.5 Å². The number of hydrogen-bond acceptors (Lipinski definition) is 7. The van der Waals surface area contributed by atoms with E-state index >= 15 is 0 Å². The second kappa shape index (κ2) is 8.46. The molecule has 9 nitrogen and oxygen atoms in total. The molecular weight excluding hydrogens is 386 g/mol. The summed E-state index contributed by atoms with van der Waals surface area (Å²) in [6.07, 6.45) is 0.247. The zero-order valence-corrected chi connectivity index (χ0v) is 16.0. The number of nitrogens with zero attached hydrogens (tertiary/aromatic N) is 2. The van der Waals surface area contributed by atoms with Gasteiger partial charge in [0.25, 0.3) is 10.0 Å². The van der Waals surface area contributed by atoms with E-state index in [0.29, 0.717) is 31.1 Å². The maximum Gasteiger partial charge on any atom is 0.264 e. The molecule has 0 bridgehead atoms. The second-order valence-corrected chi connectivity index (χ2v) is 7.83. The van der Waals surface area contributed by atoms with E-state index < -0.39 is 10.0 Å². The molecule has 2 aromatic carbocycles. The van der Waals surface area contributed by atoms with E-state index in [2.05, 4.69) is 4.90 Å². The summed E-state index contributed by atoms with van der Waals surface area (Å²) in [5.74, 6) is 0.630. The highest BCUT2D eigenvalue weighted by Crippen LogP contribution is 2.39. The van der Waals surface area contributed by atoms with Crippen LogP contribution in [0.3, 0.4) is 0 Å². The molecule has 10 heteroatoms. The number of fused-ring (bicyclic) bond motifs is 1. The number of hydrogen-bond donors (Lipinski definition) is 2. The fourth-order valence-corrected chi connectivity index (χ4v) is 4.47. The number of amides is 1. The van der Waals surface area contributed by atoms with Crippen LogP contribution in [0.25, 0.3) is 0 Å². The molecule has 2 heterocycles. The van der Waals surface area contributed by atoms with Gasteiger partial charge in [-0.1, -0.05) is 12.1 Å². The average molecular weight is 407 g/mol. The molecule has 2 aliphatic rings. The molecule has 150 valence electrons. The van der Waals surface area contributed by atoms with Gasteiger partial charge in [-0.25, -0.2) is 13.9 Å². The van der Waals surface area contributed by atoms with Gasteiger partial charge in [0.15, 0.2) is 6.23 Å². The van der Waals surface area contributed by atoms with Gasteiger partial charge in [0.1, 0.15) is 5.75 Å². The van der Waals surface area contributed by atoms with Gasteiger partial charge in [-0.15, -0.1) is 0 Å². The van der Waals surface area contributed by atoms with Crippen molar-refractivity contribution < 1.29 is 27.9 Å². The first-order valence-electron chi connectivity index (χ1n) is 8.50. The van der Waals surface area contributed by atoms with E-state index in [1.807, 2.05) is 24.3 Å². The summed E-state index contributed by atoms with van der Waals surface area (Å²) < 4.78 is 38.1. The Labute approximate surface area is 163 Å². The molecule has 1 fully saturated rings. The van der Waals surface area contributed by atoms with Crippen LogP contribution >= 0.6 is 0 Å². The highest BCUT2D eigenvalue weighted by atomic mass is 32.2. The molecule has 4 rings (SSSR count). The quantitative estimate of drug-likeness (QED) is 0.331. The zero-order chi connectivity index (χ0) is 20.1. The number of nitrogens with one attached hydrogen (secondary N) is 1. The Hall–Kier alpha value is -2.82. The Morgan fingerprint density at radius 2 is 1.75 bits per heavy atom. The first kappa shape index (κ1) is 19.9. The third-order valence-corrected chi connectivity index (χ3v) is 6.19. The number of ether oxygens (including phenoxy) is 2. The van der Waals surface area contributed by atoms with Crippen LogP contribution in [0, 0.1) is 0 Å².